The maximum atomic E-state index is 5.92. The summed E-state index contributed by atoms with van der Waals surface area (Å²) in [5, 5.41) is 3.56. The van der Waals surface area contributed by atoms with Crippen molar-refractivity contribution in [3.05, 3.63) is 34.3 Å². The van der Waals surface area contributed by atoms with Gasteiger partial charge in [0.05, 0.1) is 0 Å². The van der Waals surface area contributed by atoms with E-state index in [1.807, 2.05) is 0 Å². The van der Waals surface area contributed by atoms with Crippen LogP contribution in [0.5, 0.6) is 0 Å². The van der Waals surface area contributed by atoms with E-state index in [0.29, 0.717) is 6.54 Å². The summed E-state index contributed by atoms with van der Waals surface area (Å²) in [5.74, 6) is 0. The quantitative estimate of drug-likeness (QED) is 0.807. The van der Waals surface area contributed by atoms with Crippen LogP contribution in [0.4, 0.5) is 0 Å². The maximum Gasteiger partial charge on any atom is 0.0316 e. The van der Waals surface area contributed by atoms with Gasteiger partial charge in [0, 0.05) is 29.6 Å². The van der Waals surface area contributed by atoms with Gasteiger partial charge in [-0.15, -0.1) is 0 Å². The summed E-state index contributed by atoms with van der Waals surface area (Å²) in [7, 11) is 4.16. The molecular weight excluding hydrogens is 290 g/mol. The molecule has 1 aromatic carbocycles. The molecule has 0 bridgehead atoms. The van der Waals surface area contributed by atoms with E-state index in [0.717, 1.165) is 24.0 Å². The molecule has 0 saturated carbocycles. The topological polar surface area (TPSA) is 41.3 Å². The maximum absolute atomic E-state index is 5.92. The summed E-state index contributed by atoms with van der Waals surface area (Å²) < 4.78 is 1.11. The average molecular weight is 314 g/mol. The van der Waals surface area contributed by atoms with Crippen LogP contribution >= 0.6 is 15.9 Å². The monoisotopic (exact) mass is 313 g/mol. The third-order valence-corrected chi connectivity index (χ3v) is 3.60. The Bertz CT molecular complexity index is 351. The largest absolute Gasteiger partial charge is 0.329 e. The van der Waals surface area contributed by atoms with Gasteiger partial charge in [-0.1, -0.05) is 28.1 Å². The molecule has 0 aliphatic carbocycles. The fraction of sp³-hybridized carbons (Fsp3) is 0.571. The van der Waals surface area contributed by atoms with Crippen LogP contribution in [0.2, 0.25) is 0 Å². The molecule has 0 aliphatic rings. The van der Waals surface area contributed by atoms with Gasteiger partial charge in [-0.2, -0.15) is 0 Å². The standard InChI is InChI=1S/C14H24BrN3/c1-14(11-16,17-8-9-18(2)3)10-12-4-6-13(15)7-5-12/h4-7,17H,8-11,16H2,1-3H3. The molecule has 4 heteroatoms. The average Bonchev–Trinajstić information content (AvgIpc) is 2.32. The van der Waals surface area contributed by atoms with E-state index in [2.05, 4.69) is 71.4 Å². The van der Waals surface area contributed by atoms with E-state index in [4.69, 9.17) is 5.73 Å². The van der Waals surface area contributed by atoms with Crippen LogP contribution in [0.3, 0.4) is 0 Å². The first-order valence-electron chi connectivity index (χ1n) is 6.29. The Hall–Kier alpha value is -0.420. The molecule has 0 fully saturated rings. The molecule has 18 heavy (non-hydrogen) atoms. The molecule has 102 valence electrons. The van der Waals surface area contributed by atoms with Crippen molar-refractivity contribution in [1.29, 1.82) is 0 Å². The number of likely N-dealkylation sites (N-methyl/N-ethyl adjacent to an activating group) is 1. The van der Waals surface area contributed by atoms with Gasteiger partial charge in [0.25, 0.3) is 0 Å². The molecule has 3 nitrogen and oxygen atoms in total. The Balaban J connectivity index is 2.55. The lowest BCUT2D eigenvalue weighted by molar-refractivity contribution is 0.323. The minimum Gasteiger partial charge on any atom is -0.329 e. The molecule has 3 N–H and O–H groups in total. The van der Waals surface area contributed by atoms with Crippen LogP contribution < -0.4 is 11.1 Å². The van der Waals surface area contributed by atoms with Gasteiger partial charge < -0.3 is 16.0 Å². The summed E-state index contributed by atoms with van der Waals surface area (Å²) in [6.07, 6.45) is 0.949. The van der Waals surface area contributed by atoms with Gasteiger partial charge in [0.2, 0.25) is 0 Å². The van der Waals surface area contributed by atoms with Crippen LogP contribution in [0.1, 0.15) is 12.5 Å². The van der Waals surface area contributed by atoms with E-state index in [-0.39, 0.29) is 5.54 Å². The van der Waals surface area contributed by atoms with E-state index in [1.54, 1.807) is 0 Å². The molecule has 0 amide bonds. The summed E-state index contributed by atoms with van der Waals surface area (Å²) in [6.45, 7) is 4.80. The first-order chi connectivity index (χ1) is 8.45. The molecule has 0 spiro atoms. The fourth-order valence-corrected chi connectivity index (χ4v) is 2.11. The third-order valence-electron chi connectivity index (χ3n) is 3.07. The lowest BCUT2D eigenvalue weighted by Gasteiger charge is -2.30. The smallest absolute Gasteiger partial charge is 0.0316 e. The molecule has 0 aromatic heterocycles. The number of nitrogens with two attached hydrogens (primary N) is 1. The Morgan fingerprint density at radius 1 is 1.28 bits per heavy atom. The Morgan fingerprint density at radius 2 is 1.89 bits per heavy atom. The lowest BCUT2D eigenvalue weighted by Crippen LogP contribution is -2.52. The van der Waals surface area contributed by atoms with Gasteiger partial charge in [0.1, 0.15) is 0 Å². The normalized spacial score (nSPS) is 14.8. The molecule has 0 aliphatic heterocycles. The highest BCUT2D eigenvalue weighted by Gasteiger charge is 2.21. The first-order valence-corrected chi connectivity index (χ1v) is 7.09. The molecule has 0 saturated heterocycles. The van der Waals surface area contributed by atoms with Crippen molar-refractivity contribution in [3.63, 3.8) is 0 Å². The first kappa shape index (κ1) is 15.6. The Morgan fingerprint density at radius 3 is 2.39 bits per heavy atom. The van der Waals surface area contributed by atoms with Gasteiger partial charge in [-0.25, -0.2) is 0 Å². The van der Waals surface area contributed by atoms with Crippen molar-refractivity contribution >= 4 is 15.9 Å². The zero-order valence-corrected chi connectivity index (χ0v) is 13.1. The summed E-state index contributed by atoms with van der Waals surface area (Å²) >= 11 is 3.45. The zero-order chi connectivity index (χ0) is 13.6. The lowest BCUT2D eigenvalue weighted by atomic mass is 9.93. The number of halogens is 1. The number of nitrogens with one attached hydrogen (secondary N) is 1. The molecule has 1 unspecified atom stereocenters. The van der Waals surface area contributed by atoms with Crippen molar-refractivity contribution in [3.8, 4) is 0 Å². The van der Waals surface area contributed by atoms with Gasteiger partial charge in [0.15, 0.2) is 0 Å². The van der Waals surface area contributed by atoms with Crippen molar-refractivity contribution in [2.75, 3.05) is 33.7 Å². The second-order valence-corrected chi connectivity index (χ2v) is 6.21. The van der Waals surface area contributed by atoms with Gasteiger partial charge in [-0.3, -0.25) is 0 Å². The second-order valence-electron chi connectivity index (χ2n) is 5.30. The number of benzene rings is 1. The van der Waals surface area contributed by atoms with E-state index in [1.165, 1.54) is 5.56 Å². The SMILES string of the molecule is CN(C)CCNC(C)(CN)Cc1ccc(Br)cc1. The van der Waals surface area contributed by atoms with Crippen LogP contribution in [0.15, 0.2) is 28.7 Å². The molecular formula is C14H24BrN3. The molecule has 1 atom stereocenters. The van der Waals surface area contributed by atoms with Crippen LogP contribution in [0.25, 0.3) is 0 Å². The summed E-state index contributed by atoms with van der Waals surface area (Å²) in [6, 6.07) is 8.44. The van der Waals surface area contributed by atoms with E-state index in [9.17, 15) is 0 Å². The van der Waals surface area contributed by atoms with Crippen molar-refractivity contribution in [1.82, 2.24) is 10.2 Å². The van der Waals surface area contributed by atoms with Crippen molar-refractivity contribution < 1.29 is 0 Å². The molecule has 0 heterocycles. The highest BCUT2D eigenvalue weighted by atomic mass is 79.9. The second kappa shape index (κ2) is 7.24. The minimum absolute atomic E-state index is 0.0379. The number of rotatable bonds is 7. The van der Waals surface area contributed by atoms with Crippen molar-refractivity contribution in [2.24, 2.45) is 5.73 Å². The molecule has 0 radical (unpaired) electrons. The number of nitrogens with zero attached hydrogens (tertiary/aromatic N) is 1. The third kappa shape index (κ3) is 5.48. The zero-order valence-electron chi connectivity index (χ0n) is 11.5. The Labute approximate surface area is 119 Å². The fourth-order valence-electron chi connectivity index (χ4n) is 1.84. The minimum atomic E-state index is -0.0379. The van der Waals surface area contributed by atoms with E-state index < -0.39 is 0 Å². The molecule has 1 aromatic rings. The Kier molecular flexibility index (Phi) is 6.29. The predicted octanol–water partition coefficient (Wildman–Crippen LogP) is 1.86. The highest BCUT2D eigenvalue weighted by Crippen LogP contribution is 2.15. The summed E-state index contributed by atoms with van der Waals surface area (Å²) in [5.41, 5.74) is 7.19. The van der Waals surface area contributed by atoms with Crippen molar-refractivity contribution in [2.45, 2.75) is 18.9 Å². The van der Waals surface area contributed by atoms with Crippen LogP contribution in [0, 0.1) is 0 Å². The predicted molar refractivity (Wildman–Crippen MR) is 81.9 cm³/mol. The van der Waals surface area contributed by atoms with E-state index >= 15 is 0 Å². The highest BCUT2D eigenvalue weighted by molar-refractivity contribution is 9.10. The molecule has 1 rings (SSSR count). The summed E-state index contributed by atoms with van der Waals surface area (Å²) in [4.78, 5) is 2.17. The van der Waals surface area contributed by atoms with Gasteiger partial charge in [-0.05, 0) is 45.1 Å². The number of hydrogen-bond acceptors (Lipinski definition) is 3. The van der Waals surface area contributed by atoms with Gasteiger partial charge >= 0.3 is 0 Å². The number of hydrogen-bond donors (Lipinski definition) is 2. The van der Waals surface area contributed by atoms with Crippen LogP contribution in [-0.4, -0.2) is 44.2 Å². The van der Waals surface area contributed by atoms with Crippen LogP contribution in [-0.2, 0) is 6.42 Å².